The predicted octanol–water partition coefficient (Wildman–Crippen LogP) is 2.29. The zero-order chi connectivity index (χ0) is 18.3. The van der Waals surface area contributed by atoms with Crippen LogP contribution in [0, 0.1) is 0 Å². The molecule has 26 heavy (non-hydrogen) atoms. The fourth-order valence-corrected chi connectivity index (χ4v) is 3.74. The van der Waals surface area contributed by atoms with Crippen molar-refractivity contribution in [3.05, 3.63) is 48.0 Å². The van der Waals surface area contributed by atoms with E-state index in [1.54, 1.807) is 6.92 Å². The molecule has 136 valence electrons. The number of hydrogen-bond acceptors (Lipinski definition) is 4. The van der Waals surface area contributed by atoms with Gasteiger partial charge < -0.3 is 10.1 Å². The molecule has 2 aromatic rings. The maximum Gasteiger partial charge on any atom is 0.326 e. The van der Waals surface area contributed by atoms with Gasteiger partial charge in [0.1, 0.15) is 5.54 Å². The highest BCUT2D eigenvalue weighted by molar-refractivity contribution is 6.07. The Morgan fingerprint density at radius 1 is 1.19 bits per heavy atom. The van der Waals surface area contributed by atoms with Gasteiger partial charge in [0.25, 0.3) is 5.91 Å². The van der Waals surface area contributed by atoms with E-state index < -0.39 is 5.54 Å². The highest BCUT2D eigenvalue weighted by Crippen LogP contribution is 2.31. The van der Waals surface area contributed by atoms with Crippen LogP contribution in [0.25, 0.3) is 10.8 Å². The van der Waals surface area contributed by atoms with Crippen LogP contribution in [-0.4, -0.2) is 54.2 Å². The highest BCUT2D eigenvalue weighted by atomic mass is 16.5. The Bertz CT molecular complexity index is 868. The fraction of sp³-hybridized carbons (Fsp3) is 0.400. The maximum atomic E-state index is 13.1. The Balaban J connectivity index is 1.60. The summed E-state index contributed by atoms with van der Waals surface area (Å²) in [5, 5.41) is 5.05. The summed E-state index contributed by atoms with van der Waals surface area (Å²) in [6.07, 6.45) is 0.108. The standard InChI is InChI=1S/C20H23N3O3/c1-14-12-22(9-10-26-14)13-23-18(24)20(2,21-19(23)25)17-8-7-15-5-3-4-6-16(15)11-17/h3-8,11,14H,9-10,12-13H2,1-2H3,(H,21,25)/t14-,20+/m0/s1. The molecule has 2 aliphatic heterocycles. The van der Waals surface area contributed by atoms with E-state index in [2.05, 4.69) is 10.2 Å². The second-order valence-electron chi connectivity index (χ2n) is 7.25. The first-order valence-corrected chi connectivity index (χ1v) is 8.95. The van der Waals surface area contributed by atoms with Crippen LogP contribution in [0.15, 0.2) is 42.5 Å². The molecule has 0 bridgehead atoms. The van der Waals surface area contributed by atoms with Gasteiger partial charge in [0, 0.05) is 13.1 Å². The van der Waals surface area contributed by atoms with Gasteiger partial charge in [-0.1, -0.05) is 36.4 Å². The van der Waals surface area contributed by atoms with Crippen LogP contribution in [0.1, 0.15) is 19.4 Å². The fourth-order valence-electron chi connectivity index (χ4n) is 3.74. The number of carbonyl (C=O) groups is 2. The van der Waals surface area contributed by atoms with Gasteiger partial charge in [0.15, 0.2) is 0 Å². The zero-order valence-electron chi connectivity index (χ0n) is 15.1. The average molecular weight is 353 g/mol. The molecule has 2 fully saturated rings. The Labute approximate surface area is 152 Å². The number of fused-ring (bicyclic) bond motifs is 1. The van der Waals surface area contributed by atoms with E-state index in [1.165, 1.54) is 4.90 Å². The van der Waals surface area contributed by atoms with Gasteiger partial charge in [-0.15, -0.1) is 0 Å². The Kier molecular flexibility index (Phi) is 4.17. The van der Waals surface area contributed by atoms with E-state index in [0.717, 1.165) is 16.3 Å². The summed E-state index contributed by atoms with van der Waals surface area (Å²) >= 11 is 0. The van der Waals surface area contributed by atoms with E-state index in [4.69, 9.17) is 4.74 Å². The van der Waals surface area contributed by atoms with Crippen LogP contribution in [-0.2, 0) is 15.1 Å². The minimum Gasteiger partial charge on any atom is -0.376 e. The number of carbonyl (C=O) groups excluding carboxylic acids is 2. The van der Waals surface area contributed by atoms with Crippen LogP contribution in [0.3, 0.4) is 0 Å². The minimum atomic E-state index is -1.04. The molecule has 3 amide bonds. The molecule has 0 saturated carbocycles. The lowest BCUT2D eigenvalue weighted by molar-refractivity contribution is -0.133. The number of amides is 3. The van der Waals surface area contributed by atoms with Crippen molar-refractivity contribution in [2.75, 3.05) is 26.4 Å². The van der Waals surface area contributed by atoms with E-state index in [9.17, 15) is 9.59 Å². The van der Waals surface area contributed by atoms with Gasteiger partial charge in [0.2, 0.25) is 0 Å². The monoisotopic (exact) mass is 353 g/mol. The normalized spacial score (nSPS) is 27.2. The van der Waals surface area contributed by atoms with Crippen molar-refractivity contribution >= 4 is 22.7 Å². The number of imide groups is 1. The molecule has 2 aromatic carbocycles. The predicted molar refractivity (Wildman–Crippen MR) is 98.5 cm³/mol. The van der Waals surface area contributed by atoms with Gasteiger partial charge in [-0.25, -0.2) is 9.69 Å². The van der Waals surface area contributed by atoms with Crippen molar-refractivity contribution in [3.63, 3.8) is 0 Å². The molecule has 0 aliphatic carbocycles. The highest BCUT2D eigenvalue weighted by Gasteiger charge is 2.49. The van der Waals surface area contributed by atoms with Crippen LogP contribution in [0.4, 0.5) is 4.79 Å². The molecular formula is C20H23N3O3. The van der Waals surface area contributed by atoms with Crippen molar-refractivity contribution in [3.8, 4) is 0 Å². The number of nitrogens with zero attached hydrogens (tertiary/aromatic N) is 2. The molecule has 0 aromatic heterocycles. The van der Waals surface area contributed by atoms with Gasteiger partial charge in [0.05, 0.1) is 19.4 Å². The third-order valence-electron chi connectivity index (χ3n) is 5.27. The SMILES string of the molecule is C[C@H]1CN(CN2C(=O)N[C@](C)(c3ccc4ccccc4c3)C2=O)CCO1. The number of ether oxygens (including phenoxy) is 1. The molecule has 2 saturated heterocycles. The van der Waals surface area contributed by atoms with Gasteiger partial charge >= 0.3 is 6.03 Å². The first-order chi connectivity index (χ1) is 12.5. The summed E-state index contributed by atoms with van der Waals surface area (Å²) in [4.78, 5) is 29.0. The average Bonchev–Trinajstić information content (AvgIpc) is 2.85. The van der Waals surface area contributed by atoms with Crippen molar-refractivity contribution in [2.45, 2.75) is 25.5 Å². The van der Waals surface area contributed by atoms with Crippen LogP contribution >= 0.6 is 0 Å². The molecule has 6 nitrogen and oxygen atoms in total. The Hall–Kier alpha value is -2.44. The van der Waals surface area contributed by atoms with Gasteiger partial charge in [-0.3, -0.25) is 9.69 Å². The Morgan fingerprint density at radius 3 is 2.73 bits per heavy atom. The summed E-state index contributed by atoms with van der Waals surface area (Å²) in [7, 11) is 0. The second kappa shape index (κ2) is 6.37. The van der Waals surface area contributed by atoms with Crippen LogP contribution in [0.5, 0.6) is 0 Å². The van der Waals surface area contributed by atoms with E-state index in [0.29, 0.717) is 26.4 Å². The zero-order valence-corrected chi connectivity index (χ0v) is 15.1. The third kappa shape index (κ3) is 2.85. The molecule has 0 radical (unpaired) electrons. The van der Waals surface area contributed by atoms with Crippen molar-refractivity contribution in [2.24, 2.45) is 0 Å². The summed E-state index contributed by atoms with van der Waals surface area (Å²) in [6.45, 7) is 6.11. The van der Waals surface area contributed by atoms with Crippen molar-refractivity contribution in [1.29, 1.82) is 0 Å². The van der Waals surface area contributed by atoms with Crippen LogP contribution < -0.4 is 5.32 Å². The van der Waals surface area contributed by atoms with Gasteiger partial charge in [-0.05, 0) is 36.2 Å². The topological polar surface area (TPSA) is 61.9 Å². The molecule has 0 unspecified atom stereocenters. The molecule has 4 rings (SSSR count). The smallest absolute Gasteiger partial charge is 0.326 e. The minimum absolute atomic E-state index is 0.108. The van der Waals surface area contributed by atoms with E-state index in [1.807, 2.05) is 49.4 Å². The van der Waals surface area contributed by atoms with Crippen LogP contribution in [0.2, 0.25) is 0 Å². The van der Waals surface area contributed by atoms with E-state index in [-0.39, 0.29) is 18.0 Å². The van der Waals surface area contributed by atoms with Gasteiger partial charge in [-0.2, -0.15) is 0 Å². The number of urea groups is 1. The number of benzene rings is 2. The summed E-state index contributed by atoms with van der Waals surface area (Å²) < 4.78 is 5.53. The Morgan fingerprint density at radius 2 is 1.96 bits per heavy atom. The van der Waals surface area contributed by atoms with Crippen molar-refractivity contribution < 1.29 is 14.3 Å². The lowest BCUT2D eigenvalue weighted by atomic mass is 9.90. The third-order valence-corrected chi connectivity index (χ3v) is 5.27. The molecule has 2 heterocycles. The summed E-state index contributed by atoms with van der Waals surface area (Å²) in [5.41, 5.74) is -0.244. The van der Waals surface area contributed by atoms with Crippen molar-refractivity contribution in [1.82, 2.24) is 15.1 Å². The number of nitrogens with one attached hydrogen (secondary N) is 1. The van der Waals surface area contributed by atoms with E-state index >= 15 is 0 Å². The second-order valence-corrected chi connectivity index (χ2v) is 7.25. The number of hydrogen-bond donors (Lipinski definition) is 1. The molecule has 2 atom stereocenters. The first kappa shape index (κ1) is 17.0. The molecule has 2 aliphatic rings. The number of rotatable bonds is 3. The lowest BCUT2D eigenvalue weighted by Crippen LogP contribution is -2.49. The molecular weight excluding hydrogens is 330 g/mol. The molecule has 0 spiro atoms. The lowest BCUT2D eigenvalue weighted by Gasteiger charge is -2.33. The maximum absolute atomic E-state index is 13.1. The molecule has 1 N–H and O–H groups in total. The summed E-state index contributed by atoms with van der Waals surface area (Å²) in [6, 6.07) is 13.5. The summed E-state index contributed by atoms with van der Waals surface area (Å²) in [5.74, 6) is -0.211. The largest absolute Gasteiger partial charge is 0.376 e. The number of morpholine rings is 1. The molecule has 6 heteroatoms. The quantitative estimate of drug-likeness (QED) is 0.860. The first-order valence-electron chi connectivity index (χ1n) is 8.95.